The summed E-state index contributed by atoms with van der Waals surface area (Å²) in [5.74, 6) is -0.832. The Balaban J connectivity index is 2.58. The number of hydrogen-bond donors (Lipinski definition) is 2. The zero-order valence-corrected chi connectivity index (χ0v) is 30.0. The zero-order valence-electron chi connectivity index (χ0n) is 24.3. The molecule has 39 heavy (non-hydrogen) atoms. The minimum absolute atomic E-state index is 0.368. The van der Waals surface area contributed by atoms with Crippen molar-refractivity contribution in [3.05, 3.63) is 59.7 Å². The molecule has 9 heteroatoms. The third-order valence-electron chi connectivity index (χ3n) is 6.94. The molecule has 0 aliphatic heterocycles. The fourth-order valence-corrected chi connectivity index (χ4v) is 45.7. The second-order valence-corrected chi connectivity index (χ2v) is 32.1. The molecule has 0 saturated carbocycles. The van der Waals surface area contributed by atoms with Crippen LogP contribution in [0.25, 0.3) is 0 Å². The van der Waals surface area contributed by atoms with Crippen molar-refractivity contribution in [2.45, 2.75) is 96.8 Å². The number of para-hydroxylation sites is 2. The van der Waals surface area contributed by atoms with Gasteiger partial charge in [-0.2, -0.15) is 0 Å². The van der Waals surface area contributed by atoms with Crippen LogP contribution in [0.1, 0.15) is 99.8 Å². The summed E-state index contributed by atoms with van der Waals surface area (Å²) in [6.45, 7) is 8.54. The maximum atomic E-state index is 13.6. The molecule has 0 atom stereocenters. The van der Waals surface area contributed by atoms with Crippen molar-refractivity contribution in [2.24, 2.45) is 0 Å². The monoisotopic (exact) mass is 756 g/mol. The third-order valence-corrected chi connectivity index (χ3v) is 39.2. The Kier molecular flexibility index (Phi) is 15.0. The molecule has 0 saturated heterocycles. The molecule has 0 fully saturated rings. The molecule has 7 nitrogen and oxygen atoms in total. The molecule has 0 spiro atoms. The Hall–Kier alpha value is -1.46. The fourth-order valence-electron chi connectivity index (χ4n) is 4.64. The topological polar surface area (TPSA) is 114 Å². The van der Waals surface area contributed by atoms with Crippen LogP contribution in [0, 0.1) is 0 Å². The van der Waals surface area contributed by atoms with Crippen molar-refractivity contribution in [2.75, 3.05) is 11.5 Å². The van der Waals surface area contributed by atoms with Crippen LogP contribution in [0.2, 0.25) is 17.7 Å². The molecule has 2 aromatic rings. The summed E-state index contributed by atoms with van der Waals surface area (Å²) >= 11 is -8.29. The van der Waals surface area contributed by atoms with Gasteiger partial charge < -0.3 is 0 Å². The van der Waals surface area contributed by atoms with Gasteiger partial charge in [0.15, 0.2) is 0 Å². The molecule has 2 aromatic carbocycles. The Bertz CT molecular complexity index is 952. The van der Waals surface area contributed by atoms with Crippen molar-refractivity contribution in [3.63, 3.8) is 0 Å². The summed E-state index contributed by atoms with van der Waals surface area (Å²) in [6, 6.07) is 14.0. The predicted molar refractivity (Wildman–Crippen MR) is 164 cm³/mol. The van der Waals surface area contributed by atoms with E-state index in [1.165, 1.54) is 0 Å². The van der Waals surface area contributed by atoms with Crippen LogP contribution in [0.5, 0.6) is 0 Å². The summed E-state index contributed by atoms with van der Waals surface area (Å²) in [5, 5.41) is 0. The van der Waals surface area contributed by atoms with Crippen LogP contribution in [-0.4, -0.2) is 50.3 Å². The third kappa shape index (κ3) is 10.5. The van der Waals surface area contributed by atoms with Crippen LogP contribution in [-0.2, 0) is 7.56 Å². The molecular formula is C30H48N2O5Sn2. The van der Waals surface area contributed by atoms with Crippen LogP contribution in [0.4, 0.5) is 11.4 Å². The normalized spacial score (nSPS) is 11.8. The van der Waals surface area contributed by atoms with Crippen molar-refractivity contribution in [3.8, 4) is 0 Å². The van der Waals surface area contributed by atoms with Gasteiger partial charge in [-0.15, -0.1) is 0 Å². The van der Waals surface area contributed by atoms with Crippen molar-refractivity contribution in [1.82, 2.24) is 0 Å². The van der Waals surface area contributed by atoms with Crippen LogP contribution in [0.15, 0.2) is 48.5 Å². The molecule has 2 rings (SSSR count). The molecule has 0 unspecified atom stereocenters. The number of hydrogen-bond acceptors (Lipinski definition) is 7. The number of nitrogen functional groups attached to an aromatic ring is 2. The van der Waals surface area contributed by atoms with Gasteiger partial charge in [-0.25, -0.2) is 0 Å². The molecule has 216 valence electrons. The van der Waals surface area contributed by atoms with E-state index in [1.54, 1.807) is 48.5 Å². The van der Waals surface area contributed by atoms with Crippen LogP contribution >= 0.6 is 0 Å². The Labute approximate surface area is 245 Å². The second-order valence-electron chi connectivity index (χ2n) is 10.3. The van der Waals surface area contributed by atoms with Gasteiger partial charge in [0.05, 0.1) is 0 Å². The number of unbranched alkanes of at least 4 members (excludes halogenated alkanes) is 4. The standard InChI is InChI=1S/2C7H7NO2.4C4H9.O.2Sn/c2*8-6-4-2-1-3-5(6)7(9)10;4*1-3-4-2;;;/h2*1-4H,8H2,(H,9,10);4*1,3-4H2,2H3;;;/q;;;;;;;2*+1/p-2. The van der Waals surface area contributed by atoms with E-state index in [0.717, 1.165) is 69.1 Å². The van der Waals surface area contributed by atoms with E-state index < -0.39 is 50.3 Å². The number of carbonyl (C=O) groups is 2. The van der Waals surface area contributed by atoms with Gasteiger partial charge in [-0.1, -0.05) is 0 Å². The quantitative estimate of drug-likeness (QED) is 0.117. The summed E-state index contributed by atoms with van der Waals surface area (Å²) in [5.41, 5.74) is 13.8. The average molecular weight is 754 g/mol. The second kappa shape index (κ2) is 17.4. The zero-order chi connectivity index (χ0) is 28.7. The first kappa shape index (κ1) is 33.7. The van der Waals surface area contributed by atoms with E-state index in [9.17, 15) is 9.59 Å². The maximum absolute atomic E-state index is 13.6. The average Bonchev–Trinajstić information content (AvgIpc) is 2.93. The molecule has 0 heterocycles. The van der Waals surface area contributed by atoms with E-state index in [-0.39, 0.29) is 0 Å². The van der Waals surface area contributed by atoms with Gasteiger partial charge in [0.1, 0.15) is 0 Å². The van der Waals surface area contributed by atoms with Gasteiger partial charge in [-0.05, 0) is 0 Å². The number of benzene rings is 2. The van der Waals surface area contributed by atoms with Crippen LogP contribution in [0.3, 0.4) is 0 Å². The number of anilines is 2. The first-order chi connectivity index (χ1) is 18.7. The molecule has 0 amide bonds. The molecule has 4 N–H and O–H groups in total. The van der Waals surface area contributed by atoms with E-state index in [4.69, 9.17) is 19.0 Å². The first-order valence-corrected chi connectivity index (χ1v) is 27.3. The molecule has 0 aliphatic rings. The van der Waals surface area contributed by atoms with Crippen molar-refractivity contribution >= 4 is 61.7 Å². The number of carbonyl (C=O) groups excluding carboxylic acids is 2. The van der Waals surface area contributed by atoms with Crippen LogP contribution < -0.4 is 11.5 Å². The van der Waals surface area contributed by atoms with Gasteiger partial charge >= 0.3 is 247 Å². The summed E-state index contributed by atoms with van der Waals surface area (Å²) in [7, 11) is 0. The van der Waals surface area contributed by atoms with E-state index >= 15 is 0 Å². The van der Waals surface area contributed by atoms with E-state index in [0.29, 0.717) is 22.5 Å². The fraction of sp³-hybridized carbons (Fsp3) is 0.533. The Morgan fingerprint density at radius 3 is 1.18 bits per heavy atom. The van der Waals surface area contributed by atoms with Gasteiger partial charge in [0.25, 0.3) is 0 Å². The summed E-state index contributed by atoms with van der Waals surface area (Å²) in [6.07, 6.45) is 7.47. The Morgan fingerprint density at radius 1 is 0.590 bits per heavy atom. The molecule has 0 aromatic heterocycles. The number of rotatable bonds is 18. The summed E-state index contributed by atoms with van der Waals surface area (Å²) < 4.78 is 23.4. The minimum atomic E-state index is -4.14. The van der Waals surface area contributed by atoms with E-state index in [2.05, 4.69) is 27.7 Å². The van der Waals surface area contributed by atoms with Crippen molar-refractivity contribution in [1.29, 1.82) is 0 Å². The summed E-state index contributed by atoms with van der Waals surface area (Å²) in [4.78, 5) is 27.2. The number of nitrogens with two attached hydrogens (primary N) is 2. The van der Waals surface area contributed by atoms with Gasteiger partial charge in [-0.3, -0.25) is 0 Å². The van der Waals surface area contributed by atoms with Gasteiger partial charge in [0.2, 0.25) is 0 Å². The van der Waals surface area contributed by atoms with Gasteiger partial charge in [0, 0.05) is 0 Å². The molecule has 0 radical (unpaired) electrons. The van der Waals surface area contributed by atoms with Crippen molar-refractivity contribution < 1.29 is 17.1 Å². The van der Waals surface area contributed by atoms with E-state index in [1.807, 2.05) is 0 Å². The molecule has 0 bridgehead atoms. The predicted octanol–water partition coefficient (Wildman–Crippen LogP) is 7.97. The molecule has 0 aliphatic carbocycles. The Morgan fingerprint density at radius 2 is 0.897 bits per heavy atom. The molecular weight excluding hydrogens is 706 g/mol. The SMILES string of the molecule is CCC[CH2][Sn]([CH2]CCC)([O]C(=O)c1ccccc1N)[O][Sn]([CH2]CCC)([CH2]CCC)[O]C(=O)c1ccccc1N. The first-order valence-electron chi connectivity index (χ1n) is 14.6.